The summed E-state index contributed by atoms with van der Waals surface area (Å²) in [4.78, 5) is 23.5. The van der Waals surface area contributed by atoms with E-state index in [0.29, 0.717) is 17.9 Å². The standard InChI is InChI=1S/C13H16N4O3S/c1-9-13(17(19)20)10(2)16(15-9)8-12(18)14-6-5-11-4-3-7-21-11/h3-4,7H,5-6,8H2,1-2H3,(H,14,18). The third-order valence-corrected chi connectivity index (χ3v) is 4.03. The van der Waals surface area contributed by atoms with Gasteiger partial charge < -0.3 is 5.32 Å². The Morgan fingerprint density at radius 2 is 2.29 bits per heavy atom. The zero-order valence-electron chi connectivity index (χ0n) is 11.8. The van der Waals surface area contributed by atoms with E-state index in [4.69, 9.17) is 0 Å². The lowest BCUT2D eigenvalue weighted by Gasteiger charge is -2.05. The number of aryl methyl sites for hydroxylation is 1. The molecular weight excluding hydrogens is 292 g/mol. The summed E-state index contributed by atoms with van der Waals surface area (Å²) in [7, 11) is 0. The maximum atomic E-state index is 11.8. The van der Waals surface area contributed by atoms with Crippen LogP contribution in [-0.2, 0) is 17.8 Å². The molecule has 8 heteroatoms. The molecule has 2 aromatic rings. The highest BCUT2D eigenvalue weighted by atomic mass is 32.1. The molecule has 0 saturated heterocycles. The van der Waals surface area contributed by atoms with E-state index in [0.717, 1.165) is 6.42 Å². The molecule has 2 rings (SSSR count). The normalized spacial score (nSPS) is 10.6. The number of rotatable bonds is 6. The van der Waals surface area contributed by atoms with Gasteiger partial charge >= 0.3 is 5.69 Å². The quantitative estimate of drug-likeness (QED) is 0.651. The van der Waals surface area contributed by atoms with Crippen LogP contribution in [0.15, 0.2) is 17.5 Å². The molecule has 7 nitrogen and oxygen atoms in total. The Morgan fingerprint density at radius 1 is 1.52 bits per heavy atom. The van der Waals surface area contributed by atoms with Crippen molar-refractivity contribution in [2.45, 2.75) is 26.8 Å². The summed E-state index contributed by atoms with van der Waals surface area (Å²) in [5.41, 5.74) is 0.691. The van der Waals surface area contributed by atoms with Crippen LogP contribution in [0.1, 0.15) is 16.3 Å². The summed E-state index contributed by atoms with van der Waals surface area (Å²) in [6, 6.07) is 3.98. The van der Waals surface area contributed by atoms with Crippen LogP contribution in [0, 0.1) is 24.0 Å². The molecule has 21 heavy (non-hydrogen) atoms. The van der Waals surface area contributed by atoms with Gasteiger partial charge in [0.25, 0.3) is 0 Å². The number of thiophene rings is 1. The number of nitrogens with zero attached hydrogens (tertiary/aromatic N) is 3. The molecule has 2 aromatic heterocycles. The molecule has 0 aliphatic heterocycles. The predicted octanol–water partition coefficient (Wildman–Crippen LogP) is 1.83. The van der Waals surface area contributed by atoms with Gasteiger partial charge in [-0.25, -0.2) is 0 Å². The summed E-state index contributed by atoms with van der Waals surface area (Å²) >= 11 is 1.65. The minimum absolute atomic E-state index is 0.00897. The Labute approximate surface area is 125 Å². The van der Waals surface area contributed by atoms with Crippen molar-refractivity contribution in [1.82, 2.24) is 15.1 Å². The third-order valence-electron chi connectivity index (χ3n) is 3.09. The van der Waals surface area contributed by atoms with Gasteiger partial charge in [-0.15, -0.1) is 11.3 Å². The molecule has 1 amide bonds. The molecule has 0 aliphatic rings. The number of carbonyl (C=O) groups excluding carboxylic acids is 1. The van der Waals surface area contributed by atoms with E-state index < -0.39 is 4.92 Å². The van der Waals surface area contributed by atoms with E-state index in [9.17, 15) is 14.9 Å². The van der Waals surface area contributed by atoms with Crippen molar-refractivity contribution in [2.24, 2.45) is 0 Å². The summed E-state index contributed by atoms with van der Waals surface area (Å²) in [5, 5.41) is 19.7. The first kappa shape index (κ1) is 15.2. The van der Waals surface area contributed by atoms with Crippen LogP contribution in [0.2, 0.25) is 0 Å². The number of nitrogens with one attached hydrogen (secondary N) is 1. The molecule has 1 N–H and O–H groups in total. The zero-order chi connectivity index (χ0) is 15.4. The molecule has 0 spiro atoms. The maximum absolute atomic E-state index is 11.8. The first-order valence-electron chi connectivity index (χ1n) is 6.46. The molecule has 112 valence electrons. The Hall–Kier alpha value is -2.22. The minimum atomic E-state index is -0.469. The van der Waals surface area contributed by atoms with Crippen molar-refractivity contribution < 1.29 is 9.72 Å². The monoisotopic (exact) mass is 308 g/mol. The second-order valence-corrected chi connectivity index (χ2v) is 5.65. The van der Waals surface area contributed by atoms with Crippen molar-refractivity contribution in [3.05, 3.63) is 43.9 Å². The summed E-state index contributed by atoms with van der Waals surface area (Å²) in [5.74, 6) is -0.202. The van der Waals surface area contributed by atoms with Gasteiger partial charge in [0.15, 0.2) is 0 Å². The van der Waals surface area contributed by atoms with Crippen LogP contribution in [0.5, 0.6) is 0 Å². The average molecular weight is 308 g/mol. The smallest absolute Gasteiger partial charge is 0.312 e. The number of aromatic nitrogens is 2. The Bertz CT molecular complexity index is 649. The van der Waals surface area contributed by atoms with Gasteiger partial charge in [-0.05, 0) is 31.7 Å². The molecular formula is C13H16N4O3S. The minimum Gasteiger partial charge on any atom is -0.354 e. The average Bonchev–Trinajstić information content (AvgIpc) is 2.99. The molecule has 0 aromatic carbocycles. The largest absolute Gasteiger partial charge is 0.354 e. The van der Waals surface area contributed by atoms with E-state index >= 15 is 0 Å². The summed E-state index contributed by atoms with van der Waals surface area (Å²) in [6.07, 6.45) is 0.778. The number of hydrogen-bond acceptors (Lipinski definition) is 5. The summed E-state index contributed by atoms with van der Waals surface area (Å²) < 4.78 is 1.37. The first-order chi connectivity index (χ1) is 9.99. The number of nitro groups is 1. The lowest BCUT2D eigenvalue weighted by Crippen LogP contribution is -2.30. The van der Waals surface area contributed by atoms with Gasteiger partial charge in [-0.2, -0.15) is 5.10 Å². The molecule has 0 unspecified atom stereocenters. The highest BCUT2D eigenvalue weighted by molar-refractivity contribution is 7.09. The van der Waals surface area contributed by atoms with Crippen molar-refractivity contribution in [1.29, 1.82) is 0 Å². The van der Waals surface area contributed by atoms with Gasteiger partial charge in [0.05, 0.1) is 4.92 Å². The van der Waals surface area contributed by atoms with Crippen LogP contribution >= 0.6 is 11.3 Å². The molecule has 0 atom stereocenters. The topological polar surface area (TPSA) is 90.1 Å². The van der Waals surface area contributed by atoms with Gasteiger partial charge in [0, 0.05) is 11.4 Å². The molecule has 2 heterocycles. The number of carbonyl (C=O) groups is 1. The van der Waals surface area contributed by atoms with Crippen LogP contribution in [-0.4, -0.2) is 27.2 Å². The highest BCUT2D eigenvalue weighted by Gasteiger charge is 2.22. The fraction of sp³-hybridized carbons (Fsp3) is 0.385. The van der Waals surface area contributed by atoms with Crippen LogP contribution in [0.3, 0.4) is 0 Å². The van der Waals surface area contributed by atoms with Crippen molar-refractivity contribution in [3.8, 4) is 0 Å². The van der Waals surface area contributed by atoms with Gasteiger partial charge in [0.1, 0.15) is 17.9 Å². The molecule has 0 fully saturated rings. The lowest BCUT2D eigenvalue weighted by atomic mass is 10.3. The van der Waals surface area contributed by atoms with Crippen LogP contribution in [0.4, 0.5) is 5.69 Å². The zero-order valence-corrected chi connectivity index (χ0v) is 12.6. The van der Waals surface area contributed by atoms with E-state index in [1.165, 1.54) is 9.56 Å². The Morgan fingerprint density at radius 3 is 2.86 bits per heavy atom. The fourth-order valence-corrected chi connectivity index (χ4v) is 2.79. The van der Waals surface area contributed by atoms with E-state index in [2.05, 4.69) is 10.4 Å². The number of hydrogen-bond donors (Lipinski definition) is 1. The SMILES string of the molecule is Cc1nn(CC(=O)NCCc2cccs2)c(C)c1[N+](=O)[O-]. The van der Waals surface area contributed by atoms with Gasteiger partial charge in [-0.1, -0.05) is 6.07 Å². The van der Waals surface area contributed by atoms with E-state index in [-0.39, 0.29) is 18.1 Å². The fourth-order valence-electron chi connectivity index (χ4n) is 2.08. The molecule has 0 bridgehead atoms. The van der Waals surface area contributed by atoms with Crippen molar-refractivity contribution >= 4 is 22.9 Å². The second kappa shape index (κ2) is 6.49. The number of amides is 1. The molecule has 0 radical (unpaired) electrons. The third kappa shape index (κ3) is 3.66. The maximum Gasteiger partial charge on any atom is 0.312 e. The Kier molecular flexibility index (Phi) is 4.69. The van der Waals surface area contributed by atoms with E-state index in [1.54, 1.807) is 25.2 Å². The summed E-state index contributed by atoms with van der Waals surface area (Å²) in [6.45, 7) is 3.69. The molecule has 0 aliphatic carbocycles. The molecule has 0 saturated carbocycles. The van der Waals surface area contributed by atoms with Crippen molar-refractivity contribution in [2.75, 3.05) is 6.54 Å². The van der Waals surface area contributed by atoms with Crippen LogP contribution in [0.25, 0.3) is 0 Å². The van der Waals surface area contributed by atoms with Crippen molar-refractivity contribution in [3.63, 3.8) is 0 Å². The Balaban J connectivity index is 1.91. The predicted molar refractivity (Wildman–Crippen MR) is 79.4 cm³/mol. The first-order valence-corrected chi connectivity index (χ1v) is 7.34. The highest BCUT2D eigenvalue weighted by Crippen LogP contribution is 2.21. The van der Waals surface area contributed by atoms with Gasteiger partial charge in [0.2, 0.25) is 5.91 Å². The van der Waals surface area contributed by atoms with E-state index in [1.807, 2.05) is 17.5 Å². The van der Waals surface area contributed by atoms with Crippen LogP contribution < -0.4 is 5.32 Å². The second-order valence-electron chi connectivity index (χ2n) is 4.61. The van der Waals surface area contributed by atoms with Gasteiger partial charge in [-0.3, -0.25) is 19.6 Å². The lowest BCUT2D eigenvalue weighted by molar-refractivity contribution is -0.386.